The summed E-state index contributed by atoms with van der Waals surface area (Å²) in [6.45, 7) is 9.30. The molecule has 0 amide bonds. The highest BCUT2D eigenvalue weighted by atomic mass is 31.1. The third-order valence-corrected chi connectivity index (χ3v) is 15.6. The van der Waals surface area contributed by atoms with Gasteiger partial charge in [-0.2, -0.15) is 0 Å². The van der Waals surface area contributed by atoms with Crippen LogP contribution >= 0.6 is 15.8 Å². The van der Waals surface area contributed by atoms with Crippen molar-refractivity contribution in [1.29, 1.82) is 0 Å². The first-order valence-electron chi connectivity index (χ1n) is 15.9. The van der Waals surface area contributed by atoms with Crippen LogP contribution in [-0.4, -0.2) is 12.8 Å². The molecule has 5 aromatic carbocycles. The molecule has 1 aliphatic rings. The summed E-state index contributed by atoms with van der Waals surface area (Å²) in [7, 11) is 0.626. The lowest BCUT2D eigenvalue weighted by Crippen LogP contribution is -2.34. The summed E-state index contributed by atoms with van der Waals surface area (Å²) >= 11 is 0. The highest BCUT2D eigenvalue weighted by Crippen LogP contribution is 2.56. The standard InChI is InChI=1S/C41H44OP2/c1-29-17-14-18-30(2)40(29)44(41-31(3)19-15-20-32(41)4)38-28-16-26-36(38)39(42-5)35-25-12-13-27-37(35)43(33-21-8-6-9-22-33)34-23-10-7-11-24-34/h6-15,17-25,27,36,38-39H,16,26,28H2,1-5H3/t36?,38?,39-/m0/s1. The monoisotopic (exact) mass is 614 g/mol. The van der Waals surface area contributed by atoms with Crippen LogP contribution in [0.1, 0.15) is 53.2 Å². The van der Waals surface area contributed by atoms with E-state index < -0.39 is 15.8 Å². The predicted molar refractivity (Wildman–Crippen MR) is 194 cm³/mol. The van der Waals surface area contributed by atoms with Crippen LogP contribution in [0.25, 0.3) is 0 Å². The van der Waals surface area contributed by atoms with Crippen LogP contribution in [0, 0.1) is 33.6 Å². The molecule has 224 valence electrons. The third kappa shape index (κ3) is 6.08. The number of hydrogen-bond donors (Lipinski definition) is 0. The van der Waals surface area contributed by atoms with E-state index in [0.29, 0.717) is 11.6 Å². The van der Waals surface area contributed by atoms with E-state index in [2.05, 4.69) is 149 Å². The lowest BCUT2D eigenvalue weighted by molar-refractivity contribution is 0.0559. The normalized spacial score (nSPS) is 17.3. The van der Waals surface area contributed by atoms with Crippen LogP contribution in [-0.2, 0) is 4.74 Å². The summed E-state index contributed by atoms with van der Waals surface area (Å²) in [5, 5.41) is 7.34. The number of benzene rings is 5. The molecule has 0 radical (unpaired) electrons. The SMILES string of the molecule is CO[C@@H](c1ccccc1P(c1ccccc1)c1ccccc1)C1CCCC1P(c1c(C)cccc1C)c1c(C)cccc1C. The van der Waals surface area contributed by atoms with Crippen molar-refractivity contribution in [2.75, 3.05) is 7.11 Å². The van der Waals surface area contributed by atoms with Gasteiger partial charge in [0.25, 0.3) is 0 Å². The van der Waals surface area contributed by atoms with Crippen molar-refractivity contribution >= 4 is 42.4 Å². The summed E-state index contributed by atoms with van der Waals surface area (Å²) in [6, 6.07) is 45.1. The van der Waals surface area contributed by atoms with Crippen molar-refractivity contribution in [1.82, 2.24) is 0 Å². The Hall–Kier alpha value is -3.08. The number of rotatable bonds is 9. The molecule has 3 atom stereocenters. The topological polar surface area (TPSA) is 9.23 Å². The Kier molecular flexibility index (Phi) is 9.78. The van der Waals surface area contributed by atoms with Crippen molar-refractivity contribution in [3.63, 3.8) is 0 Å². The Balaban J connectivity index is 1.50. The maximum Gasteiger partial charge on any atom is 0.0861 e. The smallest absolute Gasteiger partial charge is 0.0861 e. The average molecular weight is 615 g/mol. The van der Waals surface area contributed by atoms with Crippen LogP contribution < -0.4 is 26.5 Å². The Morgan fingerprint density at radius 2 is 1.05 bits per heavy atom. The summed E-state index contributed by atoms with van der Waals surface area (Å²) in [5.74, 6) is 0.439. The molecule has 0 spiro atoms. The van der Waals surface area contributed by atoms with E-state index in [4.69, 9.17) is 4.74 Å². The molecule has 5 aromatic rings. The van der Waals surface area contributed by atoms with Crippen molar-refractivity contribution < 1.29 is 4.74 Å². The van der Waals surface area contributed by atoms with Gasteiger partial charge in [-0.3, -0.25) is 0 Å². The van der Waals surface area contributed by atoms with Gasteiger partial charge >= 0.3 is 0 Å². The van der Waals surface area contributed by atoms with Crippen molar-refractivity contribution in [3.05, 3.63) is 149 Å². The van der Waals surface area contributed by atoms with E-state index in [-0.39, 0.29) is 6.10 Å². The first-order valence-corrected chi connectivity index (χ1v) is 18.7. The van der Waals surface area contributed by atoms with Gasteiger partial charge in [-0.15, -0.1) is 0 Å². The molecule has 0 aliphatic heterocycles. The number of hydrogen-bond acceptors (Lipinski definition) is 1. The molecule has 0 saturated heterocycles. The molecule has 6 rings (SSSR count). The lowest BCUT2D eigenvalue weighted by Gasteiger charge is -2.38. The Bertz CT molecular complexity index is 1570. The molecule has 0 aromatic heterocycles. The zero-order chi connectivity index (χ0) is 30.6. The van der Waals surface area contributed by atoms with Gasteiger partial charge in [0.15, 0.2) is 0 Å². The van der Waals surface area contributed by atoms with Crippen LogP contribution in [0.15, 0.2) is 121 Å². The van der Waals surface area contributed by atoms with Crippen LogP contribution in [0.2, 0.25) is 0 Å². The Morgan fingerprint density at radius 1 is 0.568 bits per heavy atom. The first kappa shape index (κ1) is 30.9. The van der Waals surface area contributed by atoms with Crippen LogP contribution in [0.4, 0.5) is 0 Å². The fourth-order valence-electron chi connectivity index (χ4n) is 7.50. The van der Waals surface area contributed by atoms with E-state index in [0.717, 1.165) is 0 Å². The van der Waals surface area contributed by atoms with Crippen LogP contribution in [0.3, 0.4) is 0 Å². The minimum Gasteiger partial charge on any atom is -0.376 e. The average Bonchev–Trinajstić information content (AvgIpc) is 3.51. The summed E-state index contributed by atoms with van der Waals surface area (Å²) in [6.07, 6.45) is 3.72. The zero-order valence-corrected chi connectivity index (χ0v) is 28.5. The summed E-state index contributed by atoms with van der Waals surface area (Å²) in [4.78, 5) is 0. The second-order valence-electron chi connectivity index (χ2n) is 12.2. The minimum atomic E-state index is -0.732. The fourth-order valence-corrected chi connectivity index (χ4v) is 13.8. The number of methoxy groups -OCH3 is 1. The summed E-state index contributed by atoms with van der Waals surface area (Å²) < 4.78 is 6.68. The molecule has 44 heavy (non-hydrogen) atoms. The van der Waals surface area contributed by atoms with Gasteiger partial charge in [-0.25, -0.2) is 0 Å². The molecule has 0 N–H and O–H groups in total. The fraction of sp³-hybridized carbons (Fsp3) is 0.268. The molecule has 0 bridgehead atoms. The predicted octanol–water partition coefficient (Wildman–Crippen LogP) is 8.67. The lowest BCUT2D eigenvalue weighted by atomic mass is 9.94. The third-order valence-electron chi connectivity index (χ3n) is 9.38. The molecule has 1 aliphatic carbocycles. The Labute approximate surface area is 267 Å². The molecule has 1 nitrogen and oxygen atoms in total. The summed E-state index contributed by atoms with van der Waals surface area (Å²) in [5.41, 5.74) is 7.61. The van der Waals surface area contributed by atoms with Crippen LogP contribution in [0.5, 0.6) is 0 Å². The van der Waals surface area contributed by atoms with Crippen molar-refractivity contribution in [3.8, 4) is 0 Å². The molecule has 3 heteroatoms. The van der Waals surface area contributed by atoms with Crippen molar-refractivity contribution in [2.24, 2.45) is 5.92 Å². The van der Waals surface area contributed by atoms with E-state index in [1.165, 1.54) is 63.0 Å². The maximum atomic E-state index is 6.68. The second kappa shape index (κ2) is 13.9. The molecular formula is C41H44OP2. The molecule has 1 fully saturated rings. The highest BCUT2D eigenvalue weighted by molar-refractivity contribution is 7.80. The highest BCUT2D eigenvalue weighted by Gasteiger charge is 2.42. The quantitative estimate of drug-likeness (QED) is 0.151. The molecular weight excluding hydrogens is 570 g/mol. The molecule has 2 unspecified atom stereocenters. The second-order valence-corrected chi connectivity index (χ2v) is 16.7. The first-order chi connectivity index (χ1) is 21.5. The van der Waals surface area contributed by atoms with Gasteiger partial charge < -0.3 is 4.74 Å². The maximum absolute atomic E-state index is 6.68. The van der Waals surface area contributed by atoms with E-state index in [1.54, 1.807) is 10.6 Å². The minimum absolute atomic E-state index is 0.0368. The van der Waals surface area contributed by atoms with Gasteiger partial charge in [0.05, 0.1) is 6.10 Å². The van der Waals surface area contributed by atoms with Gasteiger partial charge in [-0.1, -0.05) is 128 Å². The number of ether oxygens (including phenoxy) is 1. The van der Waals surface area contributed by atoms with Crippen molar-refractivity contribution in [2.45, 2.75) is 58.7 Å². The Morgan fingerprint density at radius 3 is 1.55 bits per heavy atom. The van der Waals surface area contributed by atoms with Gasteiger partial charge in [0, 0.05) is 7.11 Å². The zero-order valence-electron chi connectivity index (χ0n) is 26.7. The largest absolute Gasteiger partial charge is 0.376 e. The van der Waals surface area contributed by atoms with Gasteiger partial charge in [-0.05, 0) is 122 Å². The molecule has 0 heterocycles. The number of aryl methyl sites for hydroxylation is 4. The van der Waals surface area contributed by atoms with Gasteiger partial charge in [0.1, 0.15) is 0 Å². The van der Waals surface area contributed by atoms with E-state index in [1.807, 2.05) is 7.11 Å². The van der Waals surface area contributed by atoms with E-state index >= 15 is 0 Å². The van der Waals surface area contributed by atoms with Gasteiger partial charge in [0.2, 0.25) is 0 Å². The van der Waals surface area contributed by atoms with E-state index in [9.17, 15) is 0 Å². The molecule has 1 saturated carbocycles.